The molecule has 1 fully saturated rings. The first kappa shape index (κ1) is 10.8. The Morgan fingerprint density at radius 2 is 2.08 bits per heavy atom. The average molecular weight is 196 g/mol. The van der Waals surface area contributed by atoms with Crippen molar-refractivity contribution in [2.24, 2.45) is 5.73 Å². The van der Waals surface area contributed by atoms with Crippen molar-refractivity contribution in [1.82, 2.24) is 4.90 Å². The zero-order valence-corrected chi connectivity index (χ0v) is 7.64. The Bertz CT molecular complexity index is 167. The van der Waals surface area contributed by atoms with Gasteiger partial charge in [0.25, 0.3) is 0 Å². The highest BCUT2D eigenvalue weighted by Crippen LogP contribution is 2.31. The molecule has 0 aromatic heterocycles. The summed E-state index contributed by atoms with van der Waals surface area (Å²) in [5.74, 6) is 0. The average Bonchev–Trinajstić information content (AvgIpc) is 2.31. The lowest BCUT2D eigenvalue weighted by Gasteiger charge is -2.28. The van der Waals surface area contributed by atoms with E-state index in [9.17, 15) is 13.2 Å². The molecule has 13 heavy (non-hydrogen) atoms. The van der Waals surface area contributed by atoms with Crippen LogP contribution >= 0.6 is 0 Å². The number of alkyl halides is 3. The number of hydrogen-bond acceptors (Lipinski definition) is 2. The maximum atomic E-state index is 12.5. The number of halogens is 3. The molecule has 0 amide bonds. The standard InChI is InChI=1S/C8H15F3N2/c1-2-4-13-5-3-6(12)7(13)8(9,10)11/h6-7H,2-5,12H2,1H3. The van der Waals surface area contributed by atoms with Gasteiger partial charge < -0.3 is 5.73 Å². The van der Waals surface area contributed by atoms with Crippen LogP contribution < -0.4 is 5.73 Å². The van der Waals surface area contributed by atoms with Gasteiger partial charge in [-0.1, -0.05) is 6.92 Å². The van der Waals surface area contributed by atoms with E-state index in [1.54, 1.807) is 0 Å². The Morgan fingerprint density at radius 3 is 2.54 bits per heavy atom. The first-order valence-electron chi connectivity index (χ1n) is 4.53. The van der Waals surface area contributed by atoms with Gasteiger partial charge in [-0.3, -0.25) is 4.90 Å². The van der Waals surface area contributed by atoms with Gasteiger partial charge in [0.15, 0.2) is 0 Å². The highest BCUT2D eigenvalue weighted by atomic mass is 19.4. The summed E-state index contributed by atoms with van der Waals surface area (Å²) >= 11 is 0. The van der Waals surface area contributed by atoms with Crippen molar-refractivity contribution in [1.29, 1.82) is 0 Å². The summed E-state index contributed by atoms with van der Waals surface area (Å²) in [7, 11) is 0. The topological polar surface area (TPSA) is 29.3 Å². The lowest BCUT2D eigenvalue weighted by Crippen LogP contribution is -2.49. The van der Waals surface area contributed by atoms with E-state index in [1.807, 2.05) is 6.92 Å². The third-order valence-corrected chi connectivity index (χ3v) is 2.39. The highest BCUT2D eigenvalue weighted by Gasteiger charge is 2.49. The predicted octanol–water partition coefficient (Wildman–Crippen LogP) is 1.36. The number of hydrogen-bond donors (Lipinski definition) is 1. The van der Waals surface area contributed by atoms with E-state index in [-0.39, 0.29) is 0 Å². The van der Waals surface area contributed by atoms with Crippen LogP contribution in [0.1, 0.15) is 19.8 Å². The molecule has 0 saturated carbocycles. The fraction of sp³-hybridized carbons (Fsp3) is 1.00. The van der Waals surface area contributed by atoms with Crippen LogP contribution in [0.2, 0.25) is 0 Å². The van der Waals surface area contributed by atoms with E-state index in [0.717, 1.165) is 6.42 Å². The van der Waals surface area contributed by atoms with E-state index in [1.165, 1.54) is 4.90 Å². The van der Waals surface area contributed by atoms with Crippen LogP contribution in [0.3, 0.4) is 0 Å². The molecular formula is C8H15F3N2. The van der Waals surface area contributed by atoms with Gasteiger partial charge in [-0.2, -0.15) is 13.2 Å². The SMILES string of the molecule is CCCN1CCC(N)C1C(F)(F)F. The molecule has 0 spiro atoms. The molecule has 5 heteroatoms. The summed E-state index contributed by atoms with van der Waals surface area (Å²) in [4.78, 5) is 1.44. The summed E-state index contributed by atoms with van der Waals surface area (Å²) in [5, 5.41) is 0. The molecule has 1 aliphatic heterocycles. The van der Waals surface area contributed by atoms with Gasteiger partial charge in [-0.05, 0) is 19.4 Å². The van der Waals surface area contributed by atoms with Crippen molar-refractivity contribution in [3.63, 3.8) is 0 Å². The van der Waals surface area contributed by atoms with E-state index in [4.69, 9.17) is 5.73 Å². The molecule has 1 rings (SSSR count). The van der Waals surface area contributed by atoms with Gasteiger partial charge in [0.2, 0.25) is 0 Å². The van der Waals surface area contributed by atoms with E-state index in [0.29, 0.717) is 19.5 Å². The normalized spacial score (nSPS) is 31.2. The fourth-order valence-electron chi connectivity index (χ4n) is 1.87. The van der Waals surface area contributed by atoms with Crippen LogP contribution in [-0.4, -0.2) is 36.2 Å². The van der Waals surface area contributed by atoms with Gasteiger partial charge in [-0.25, -0.2) is 0 Å². The minimum Gasteiger partial charge on any atom is -0.326 e. The van der Waals surface area contributed by atoms with Crippen LogP contribution in [0.25, 0.3) is 0 Å². The Labute approximate surface area is 75.9 Å². The van der Waals surface area contributed by atoms with E-state index in [2.05, 4.69) is 0 Å². The molecule has 0 bridgehead atoms. The lowest BCUT2D eigenvalue weighted by atomic mass is 10.1. The third-order valence-electron chi connectivity index (χ3n) is 2.39. The van der Waals surface area contributed by atoms with Crippen molar-refractivity contribution in [2.75, 3.05) is 13.1 Å². The Kier molecular flexibility index (Phi) is 3.18. The molecule has 2 N–H and O–H groups in total. The van der Waals surface area contributed by atoms with Crippen LogP contribution in [0, 0.1) is 0 Å². The second-order valence-corrected chi connectivity index (χ2v) is 3.47. The Balaban J connectivity index is 2.65. The van der Waals surface area contributed by atoms with Crippen molar-refractivity contribution in [2.45, 2.75) is 38.0 Å². The highest BCUT2D eigenvalue weighted by molar-refractivity contribution is 4.94. The monoisotopic (exact) mass is 196 g/mol. The van der Waals surface area contributed by atoms with Crippen LogP contribution in [-0.2, 0) is 0 Å². The van der Waals surface area contributed by atoms with Gasteiger partial charge in [0.1, 0.15) is 6.04 Å². The van der Waals surface area contributed by atoms with Gasteiger partial charge in [-0.15, -0.1) is 0 Å². The summed E-state index contributed by atoms with van der Waals surface area (Å²) < 4.78 is 37.4. The first-order chi connectivity index (χ1) is 5.96. The quantitative estimate of drug-likeness (QED) is 0.722. The lowest BCUT2D eigenvalue weighted by molar-refractivity contribution is -0.178. The molecule has 0 aromatic carbocycles. The van der Waals surface area contributed by atoms with E-state index >= 15 is 0 Å². The predicted molar refractivity (Wildman–Crippen MR) is 44.3 cm³/mol. The molecule has 2 nitrogen and oxygen atoms in total. The molecule has 1 heterocycles. The number of likely N-dealkylation sites (tertiary alicyclic amines) is 1. The Morgan fingerprint density at radius 1 is 1.46 bits per heavy atom. The molecular weight excluding hydrogens is 181 g/mol. The summed E-state index contributed by atoms with van der Waals surface area (Å²) in [5.41, 5.74) is 5.42. The van der Waals surface area contributed by atoms with Crippen LogP contribution in [0.5, 0.6) is 0 Å². The maximum absolute atomic E-state index is 12.5. The number of nitrogens with zero attached hydrogens (tertiary/aromatic N) is 1. The fourth-order valence-corrected chi connectivity index (χ4v) is 1.87. The third kappa shape index (κ3) is 2.34. The minimum atomic E-state index is -4.18. The van der Waals surface area contributed by atoms with Crippen molar-refractivity contribution >= 4 is 0 Å². The van der Waals surface area contributed by atoms with Crippen LogP contribution in [0.15, 0.2) is 0 Å². The van der Waals surface area contributed by atoms with Crippen LogP contribution in [0.4, 0.5) is 13.2 Å². The second kappa shape index (κ2) is 3.84. The first-order valence-corrected chi connectivity index (χ1v) is 4.53. The number of nitrogens with two attached hydrogens (primary N) is 1. The zero-order chi connectivity index (χ0) is 10.1. The van der Waals surface area contributed by atoms with Gasteiger partial charge in [0.05, 0.1) is 0 Å². The molecule has 2 atom stereocenters. The Hall–Kier alpha value is -0.290. The minimum absolute atomic E-state index is 0.449. The van der Waals surface area contributed by atoms with Crippen molar-refractivity contribution in [3.05, 3.63) is 0 Å². The molecule has 0 aromatic rings. The zero-order valence-electron chi connectivity index (χ0n) is 7.64. The van der Waals surface area contributed by atoms with Gasteiger partial charge in [0, 0.05) is 12.6 Å². The molecule has 2 unspecified atom stereocenters. The van der Waals surface area contributed by atoms with E-state index < -0.39 is 18.3 Å². The summed E-state index contributed by atoms with van der Waals surface area (Å²) in [6.07, 6.45) is -2.99. The maximum Gasteiger partial charge on any atom is 0.405 e. The number of rotatable bonds is 2. The summed E-state index contributed by atoms with van der Waals surface area (Å²) in [6, 6.07) is -2.17. The molecule has 78 valence electrons. The van der Waals surface area contributed by atoms with Crippen molar-refractivity contribution in [3.8, 4) is 0 Å². The molecule has 1 saturated heterocycles. The molecule has 0 aliphatic carbocycles. The van der Waals surface area contributed by atoms with Crippen molar-refractivity contribution < 1.29 is 13.2 Å². The molecule has 0 radical (unpaired) electrons. The second-order valence-electron chi connectivity index (χ2n) is 3.47. The largest absolute Gasteiger partial charge is 0.405 e. The molecule has 1 aliphatic rings. The van der Waals surface area contributed by atoms with Gasteiger partial charge >= 0.3 is 6.18 Å². The summed E-state index contributed by atoms with van der Waals surface area (Å²) in [6.45, 7) is 2.83. The smallest absolute Gasteiger partial charge is 0.326 e.